The molecule has 144 valence electrons. The molecule has 0 aliphatic rings. The van der Waals surface area contributed by atoms with Gasteiger partial charge in [-0.2, -0.15) is 0 Å². The number of hydrogen-bond acceptors (Lipinski definition) is 2. The van der Waals surface area contributed by atoms with E-state index in [0.29, 0.717) is 11.3 Å². The van der Waals surface area contributed by atoms with Crippen LogP contribution in [0.5, 0.6) is 5.75 Å². The highest BCUT2D eigenvalue weighted by Gasteiger charge is 2.15. The molecule has 0 heterocycles. The van der Waals surface area contributed by atoms with Crippen molar-refractivity contribution in [2.24, 2.45) is 0 Å². The highest BCUT2D eigenvalue weighted by molar-refractivity contribution is 5.92. The lowest BCUT2D eigenvalue weighted by molar-refractivity contribution is 0.0692. The van der Waals surface area contributed by atoms with Crippen LogP contribution in [0.15, 0.2) is 18.2 Å². The number of carboxylic acids is 1. The van der Waals surface area contributed by atoms with Crippen LogP contribution in [0.3, 0.4) is 0 Å². The van der Waals surface area contributed by atoms with Crippen molar-refractivity contribution in [1.82, 2.24) is 0 Å². The molecule has 1 rings (SSSR count). The minimum Gasteiger partial charge on any atom is -0.496 e. The van der Waals surface area contributed by atoms with Crippen LogP contribution in [-0.4, -0.2) is 18.2 Å². The first-order valence-electron chi connectivity index (χ1n) is 10.1. The van der Waals surface area contributed by atoms with Gasteiger partial charge in [-0.05, 0) is 37.3 Å². The fourth-order valence-corrected chi connectivity index (χ4v) is 3.07. The van der Waals surface area contributed by atoms with Crippen LogP contribution in [0.1, 0.15) is 93.5 Å². The number of rotatable bonds is 13. The van der Waals surface area contributed by atoms with Gasteiger partial charge in [-0.25, -0.2) is 4.79 Å². The zero-order chi connectivity index (χ0) is 19.0. The number of ether oxygens (including phenoxy) is 1. The Kier molecular flexibility index (Phi) is 12.1. The van der Waals surface area contributed by atoms with Crippen molar-refractivity contribution in [3.05, 3.63) is 29.3 Å². The van der Waals surface area contributed by atoms with E-state index in [-0.39, 0.29) is 0 Å². The number of aryl methyl sites for hydroxylation is 1. The molecule has 1 N–H and O–H groups in total. The van der Waals surface area contributed by atoms with E-state index in [0.717, 1.165) is 37.7 Å². The van der Waals surface area contributed by atoms with Crippen molar-refractivity contribution in [2.45, 2.75) is 84.0 Å². The molecular formula is C23H34O3. The van der Waals surface area contributed by atoms with Gasteiger partial charge < -0.3 is 9.84 Å². The quantitative estimate of drug-likeness (QED) is 0.335. The molecule has 1 aromatic rings. The van der Waals surface area contributed by atoms with Gasteiger partial charge in [-0.1, -0.05) is 57.6 Å². The van der Waals surface area contributed by atoms with E-state index < -0.39 is 5.97 Å². The monoisotopic (exact) mass is 358 g/mol. The highest BCUT2D eigenvalue weighted by atomic mass is 16.5. The van der Waals surface area contributed by atoms with Crippen molar-refractivity contribution in [3.8, 4) is 17.6 Å². The van der Waals surface area contributed by atoms with E-state index in [1.54, 1.807) is 6.07 Å². The first-order chi connectivity index (χ1) is 12.7. The van der Waals surface area contributed by atoms with Crippen LogP contribution in [0.4, 0.5) is 0 Å². The summed E-state index contributed by atoms with van der Waals surface area (Å²) in [5.74, 6) is 6.10. The predicted octanol–water partition coefficient (Wildman–Crippen LogP) is 6.25. The first kappa shape index (κ1) is 22.1. The van der Waals surface area contributed by atoms with Gasteiger partial charge in [0.05, 0.1) is 7.11 Å². The molecule has 0 bridgehead atoms. The van der Waals surface area contributed by atoms with Crippen molar-refractivity contribution >= 4 is 5.97 Å². The maximum absolute atomic E-state index is 11.4. The Bertz CT molecular complexity index is 581. The summed E-state index contributed by atoms with van der Waals surface area (Å²) in [6.45, 7) is 2.23. The molecular weight excluding hydrogens is 324 g/mol. The number of hydrogen-bond donors (Lipinski definition) is 1. The van der Waals surface area contributed by atoms with Crippen LogP contribution in [0, 0.1) is 11.8 Å². The fourth-order valence-electron chi connectivity index (χ4n) is 3.07. The summed E-state index contributed by atoms with van der Waals surface area (Å²) < 4.78 is 5.17. The Labute approximate surface area is 159 Å². The fraction of sp³-hybridized carbons (Fsp3) is 0.609. The molecule has 3 nitrogen and oxygen atoms in total. The molecule has 0 fully saturated rings. The lowest BCUT2D eigenvalue weighted by Crippen LogP contribution is -2.05. The number of aromatic carboxylic acids is 1. The van der Waals surface area contributed by atoms with Crippen molar-refractivity contribution < 1.29 is 14.6 Å². The SMILES string of the molecule is CCCCCCC#CCCCCCCCc1cccc(OC)c1C(=O)O. The summed E-state index contributed by atoms with van der Waals surface area (Å²) in [5.41, 5.74) is 1.18. The Hall–Kier alpha value is -1.95. The number of unbranched alkanes of at least 4 members (excludes halogenated alkanes) is 9. The molecule has 26 heavy (non-hydrogen) atoms. The molecule has 0 saturated heterocycles. The summed E-state index contributed by atoms with van der Waals surface area (Å²) in [7, 11) is 1.51. The van der Waals surface area contributed by atoms with Crippen LogP contribution < -0.4 is 4.74 Å². The first-order valence-corrected chi connectivity index (χ1v) is 10.1. The smallest absolute Gasteiger partial charge is 0.339 e. The highest BCUT2D eigenvalue weighted by Crippen LogP contribution is 2.24. The molecule has 0 unspecified atom stereocenters. The van der Waals surface area contributed by atoms with E-state index in [1.165, 1.54) is 52.1 Å². The van der Waals surface area contributed by atoms with E-state index >= 15 is 0 Å². The molecule has 0 saturated carbocycles. The number of carboxylic acid groups (broad SMARTS) is 1. The molecule has 0 aliphatic heterocycles. The molecule has 1 aromatic carbocycles. The van der Waals surface area contributed by atoms with Gasteiger partial charge in [0.1, 0.15) is 11.3 Å². The summed E-state index contributed by atoms with van der Waals surface area (Å²) in [6.07, 6.45) is 13.7. The van der Waals surface area contributed by atoms with Crippen molar-refractivity contribution in [3.63, 3.8) is 0 Å². The summed E-state index contributed by atoms with van der Waals surface area (Å²) in [5, 5.41) is 9.39. The van der Waals surface area contributed by atoms with Gasteiger partial charge in [0.2, 0.25) is 0 Å². The van der Waals surface area contributed by atoms with Gasteiger partial charge in [0, 0.05) is 12.8 Å². The Balaban J connectivity index is 2.15. The summed E-state index contributed by atoms with van der Waals surface area (Å²) in [6, 6.07) is 5.46. The third-order valence-electron chi connectivity index (χ3n) is 4.57. The molecule has 0 aromatic heterocycles. The van der Waals surface area contributed by atoms with E-state index in [4.69, 9.17) is 4.74 Å². The molecule has 0 atom stereocenters. The second-order valence-corrected chi connectivity index (χ2v) is 6.73. The van der Waals surface area contributed by atoms with E-state index in [1.807, 2.05) is 12.1 Å². The minimum absolute atomic E-state index is 0.309. The maximum atomic E-state index is 11.4. The minimum atomic E-state index is -0.911. The third-order valence-corrected chi connectivity index (χ3v) is 4.57. The second kappa shape index (κ2) is 14.2. The number of carbonyl (C=O) groups is 1. The second-order valence-electron chi connectivity index (χ2n) is 6.73. The van der Waals surface area contributed by atoms with Crippen LogP contribution >= 0.6 is 0 Å². The van der Waals surface area contributed by atoms with Crippen LogP contribution in [-0.2, 0) is 6.42 Å². The lowest BCUT2D eigenvalue weighted by atomic mass is 9.99. The zero-order valence-electron chi connectivity index (χ0n) is 16.5. The van der Waals surface area contributed by atoms with Crippen molar-refractivity contribution in [1.29, 1.82) is 0 Å². The Morgan fingerprint density at radius 3 is 2.19 bits per heavy atom. The predicted molar refractivity (Wildman–Crippen MR) is 108 cm³/mol. The Morgan fingerprint density at radius 1 is 0.962 bits per heavy atom. The molecule has 0 spiro atoms. The maximum Gasteiger partial charge on any atom is 0.339 e. The summed E-state index contributed by atoms with van der Waals surface area (Å²) >= 11 is 0. The number of benzene rings is 1. The number of methoxy groups -OCH3 is 1. The lowest BCUT2D eigenvalue weighted by Gasteiger charge is -2.10. The largest absolute Gasteiger partial charge is 0.496 e. The van der Waals surface area contributed by atoms with Crippen LogP contribution in [0.25, 0.3) is 0 Å². The third kappa shape index (κ3) is 8.94. The van der Waals surface area contributed by atoms with Gasteiger partial charge in [-0.15, -0.1) is 11.8 Å². The standard InChI is InChI=1S/C23H34O3/c1-3-4-5-6-7-8-9-10-11-12-13-14-15-17-20-18-16-19-21(26-2)22(20)23(24)25/h16,18-19H,3-7,10-15,17H2,1-2H3,(H,24,25). The van der Waals surface area contributed by atoms with Crippen molar-refractivity contribution in [2.75, 3.05) is 7.11 Å². The molecule has 0 amide bonds. The van der Waals surface area contributed by atoms with Gasteiger partial charge in [0.15, 0.2) is 0 Å². The van der Waals surface area contributed by atoms with E-state index in [9.17, 15) is 9.90 Å². The molecule has 0 aliphatic carbocycles. The molecule has 3 heteroatoms. The molecule has 0 radical (unpaired) electrons. The average Bonchev–Trinajstić information content (AvgIpc) is 2.65. The zero-order valence-corrected chi connectivity index (χ0v) is 16.5. The van der Waals surface area contributed by atoms with Gasteiger partial charge in [-0.3, -0.25) is 0 Å². The topological polar surface area (TPSA) is 46.5 Å². The summed E-state index contributed by atoms with van der Waals surface area (Å²) in [4.78, 5) is 11.4. The van der Waals surface area contributed by atoms with E-state index in [2.05, 4.69) is 18.8 Å². The normalized spacial score (nSPS) is 10.2. The Morgan fingerprint density at radius 2 is 1.58 bits per heavy atom. The average molecular weight is 359 g/mol. The van der Waals surface area contributed by atoms with Gasteiger partial charge >= 0.3 is 5.97 Å². The van der Waals surface area contributed by atoms with Crippen LogP contribution in [0.2, 0.25) is 0 Å². The van der Waals surface area contributed by atoms with Gasteiger partial charge in [0.25, 0.3) is 0 Å².